The fourth-order valence-corrected chi connectivity index (χ4v) is 6.00. The minimum atomic E-state index is -0.832. The zero-order valence-electron chi connectivity index (χ0n) is 38.9. The Morgan fingerprint density at radius 3 is 1.30 bits per heavy atom. The summed E-state index contributed by atoms with van der Waals surface area (Å²) < 4.78 is 16.6. The third kappa shape index (κ3) is 46.7. The third-order valence-electron chi connectivity index (χ3n) is 9.59. The average Bonchev–Trinajstić information content (AvgIpc) is 3.26. The van der Waals surface area contributed by atoms with Crippen LogP contribution in [0.25, 0.3) is 0 Å². The summed E-state index contributed by atoms with van der Waals surface area (Å²) in [4.78, 5) is 37.8. The molecule has 0 heterocycles. The number of hydrogen-bond donors (Lipinski definition) is 0. The Morgan fingerprint density at radius 2 is 0.738 bits per heavy atom. The number of allylic oxidation sites excluding steroid dienone is 20. The van der Waals surface area contributed by atoms with Crippen LogP contribution in [0.15, 0.2) is 122 Å². The first-order valence-electron chi connectivity index (χ1n) is 24.1. The Kier molecular flexibility index (Phi) is 45.1. The highest BCUT2D eigenvalue weighted by Gasteiger charge is 2.19. The van der Waals surface area contributed by atoms with Gasteiger partial charge in [-0.15, -0.1) is 0 Å². The van der Waals surface area contributed by atoms with Gasteiger partial charge in [0.25, 0.3) is 0 Å². The first-order chi connectivity index (χ1) is 30.0. The van der Waals surface area contributed by atoms with Gasteiger partial charge in [-0.2, -0.15) is 0 Å². The van der Waals surface area contributed by atoms with Gasteiger partial charge in [-0.25, -0.2) is 0 Å². The van der Waals surface area contributed by atoms with Crippen LogP contribution in [0.1, 0.15) is 188 Å². The van der Waals surface area contributed by atoms with Crippen LogP contribution in [-0.2, 0) is 28.6 Å². The fraction of sp³-hybridized carbons (Fsp3) is 0.582. The van der Waals surface area contributed by atoms with Crippen LogP contribution in [-0.4, -0.2) is 37.2 Å². The molecule has 0 spiro atoms. The maximum absolute atomic E-state index is 12.7. The summed E-state index contributed by atoms with van der Waals surface area (Å²) >= 11 is 0. The molecule has 0 aliphatic rings. The van der Waals surface area contributed by atoms with E-state index in [-0.39, 0.29) is 44.0 Å². The molecule has 6 heteroatoms. The molecule has 0 N–H and O–H groups in total. The van der Waals surface area contributed by atoms with Crippen LogP contribution in [0, 0.1) is 0 Å². The van der Waals surface area contributed by atoms with Crippen LogP contribution in [0.2, 0.25) is 0 Å². The van der Waals surface area contributed by atoms with Crippen molar-refractivity contribution in [1.82, 2.24) is 0 Å². The second-order valence-electron chi connectivity index (χ2n) is 15.4. The summed E-state index contributed by atoms with van der Waals surface area (Å²) in [6, 6.07) is 0. The third-order valence-corrected chi connectivity index (χ3v) is 9.59. The summed E-state index contributed by atoms with van der Waals surface area (Å²) in [6.45, 7) is 6.24. The number of unbranched alkanes of at least 4 members (excludes halogenated alkanes) is 15. The van der Waals surface area contributed by atoms with Gasteiger partial charge in [-0.05, 0) is 89.9 Å². The molecule has 0 aromatic rings. The van der Waals surface area contributed by atoms with Crippen molar-refractivity contribution >= 4 is 17.9 Å². The van der Waals surface area contributed by atoms with Crippen molar-refractivity contribution in [2.75, 3.05) is 13.2 Å². The predicted molar refractivity (Wildman–Crippen MR) is 260 cm³/mol. The van der Waals surface area contributed by atoms with Gasteiger partial charge in [0.2, 0.25) is 0 Å². The summed E-state index contributed by atoms with van der Waals surface area (Å²) in [5.41, 5.74) is 0. The summed E-state index contributed by atoms with van der Waals surface area (Å²) in [5, 5.41) is 0. The molecule has 0 amide bonds. The van der Waals surface area contributed by atoms with Gasteiger partial charge >= 0.3 is 17.9 Å². The lowest BCUT2D eigenvalue weighted by atomic mass is 10.1. The van der Waals surface area contributed by atoms with E-state index in [9.17, 15) is 14.4 Å². The first kappa shape index (κ1) is 56.8. The molecule has 0 rings (SSSR count). The molecule has 0 aromatic heterocycles. The molecule has 61 heavy (non-hydrogen) atoms. The molecule has 0 radical (unpaired) electrons. The Hall–Kier alpha value is -4.19. The molecule has 1 atom stereocenters. The van der Waals surface area contributed by atoms with Crippen molar-refractivity contribution in [3.05, 3.63) is 122 Å². The van der Waals surface area contributed by atoms with E-state index in [1.165, 1.54) is 44.9 Å². The van der Waals surface area contributed by atoms with Crippen LogP contribution in [0.4, 0.5) is 0 Å². The molecule has 0 saturated carbocycles. The van der Waals surface area contributed by atoms with Crippen molar-refractivity contribution in [2.45, 2.75) is 194 Å². The number of hydrogen-bond acceptors (Lipinski definition) is 6. The molecule has 1 unspecified atom stereocenters. The van der Waals surface area contributed by atoms with Gasteiger partial charge in [0.1, 0.15) is 13.2 Å². The first-order valence-corrected chi connectivity index (χ1v) is 24.1. The quantitative estimate of drug-likeness (QED) is 0.0201. The van der Waals surface area contributed by atoms with Crippen molar-refractivity contribution in [3.63, 3.8) is 0 Å². The highest BCUT2D eigenvalue weighted by molar-refractivity contribution is 5.71. The predicted octanol–water partition coefficient (Wildman–Crippen LogP) is 15.7. The summed E-state index contributed by atoms with van der Waals surface area (Å²) in [7, 11) is 0. The summed E-state index contributed by atoms with van der Waals surface area (Å²) in [6.07, 6.45) is 66.2. The second-order valence-corrected chi connectivity index (χ2v) is 15.4. The standard InChI is InChI=1S/C55H86O6/c1-4-7-10-13-16-19-22-25-27-28-31-33-36-39-42-45-48-54(57)60-51-52(50-59-53(56)47-44-41-38-35-32-29-24-21-18-15-12-9-6-3)61-55(58)49-46-43-40-37-34-30-26-23-20-17-14-11-8-5-2/h8-9,11-12,15,17-18,20-21,24,26-33,35,38,52H,4-7,10,13-14,16,19,22-23,25,34,36-37,39-51H2,1-3H3/b11-8-,12-9-,18-15-,20-17-,24-21-,28-27-,30-26-,32-29-,33-31-,38-35-. The molecular formula is C55H86O6. The Balaban J connectivity index is 4.59. The molecule has 342 valence electrons. The molecular weight excluding hydrogens is 757 g/mol. The minimum Gasteiger partial charge on any atom is -0.462 e. The lowest BCUT2D eigenvalue weighted by Crippen LogP contribution is -2.30. The van der Waals surface area contributed by atoms with E-state index in [0.717, 1.165) is 96.3 Å². The van der Waals surface area contributed by atoms with Crippen molar-refractivity contribution in [1.29, 1.82) is 0 Å². The number of rotatable bonds is 41. The van der Waals surface area contributed by atoms with Gasteiger partial charge in [-0.3, -0.25) is 14.4 Å². The van der Waals surface area contributed by atoms with Crippen molar-refractivity contribution in [2.24, 2.45) is 0 Å². The Morgan fingerprint density at radius 1 is 0.361 bits per heavy atom. The minimum absolute atomic E-state index is 0.127. The highest BCUT2D eigenvalue weighted by atomic mass is 16.6. The monoisotopic (exact) mass is 843 g/mol. The average molecular weight is 843 g/mol. The van der Waals surface area contributed by atoms with Gasteiger partial charge in [0, 0.05) is 19.3 Å². The highest BCUT2D eigenvalue weighted by Crippen LogP contribution is 2.12. The lowest BCUT2D eigenvalue weighted by Gasteiger charge is -2.18. The number of esters is 3. The number of carbonyl (C=O) groups is 3. The molecule has 0 aliphatic carbocycles. The fourth-order valence-electron chi connectivity index (χ4n) is 6.00. The molecule has 0 saturated heterocycles. The van der Waals surface area contributed by atoms with Gasteiger partial charge in [0.15, 0.2) is 6.10 Å². The topological polar surface area (TPSA) is 78.9 Å². The van der Waals surface area contributed by atoms with Gasteiger partial charge < -0.3 is 14.2 Å². The van der Waals surface area contributed by atoms with Crippen molar-refractivity contribution in [3.8, 4) is 0 Å². The van der Waals surface area contributed by atoms with Gasteiger partial charge in [-0.1, -0.05) is 200 Å². The molecule has 0 aliphatic heterocycles. The second kappa shape index (κ2) is 48.5. The van der Waals surface area contributed by atoms with Crippen LogP contribution in [0.5, 0.6) is 0 Å². The summed E-state index contributed by atoms with van der Waals surface area (Å²) in [5.74, 6) is -1.06. The smallest absolute Gasteiger partial charge is 0.306 e. The molecule has 6 nitrogen and oxygen atoms in total. The molecule has 0 aromatic carbocycles. The number of ether oxygens (including phenoxy) is 3. The van der Waals surface area contributed by atoms with E-state index in [4.69, 9.17) is 14.2 Å². The molecule has 0 fully saturated rings. The Labute approximate surface area is 373 Å². The maximum Gasteiger partial charge on any atom is 0.306 e. The van der Waals surface area contributed by atoms with E-state index in [1.54, 1.807) is 0 Å². The largest absolute Gasteiger partial charge is 0.462 e. The van der Waals surface area contributed by atoms with E-state index < -0.39 is 6.10 Å². The SMILES string of the molecule is CC\C=C/C=C\C=C/C=C\C=C/CCCC(=O)OCC(COC(=O)CCCCC/C=C\C=C/CCCCCCCCC)OC(=O)CCCCCC/C=C\C/C=C\C/C=C\CC. The Bertz CT molecular complexity index is 1340. The van der Waals surface area contributed by atoms with E-state index in [1.807, 2.05) is 54.7 Å². The zero-order chi connectivity index (χ0) is 44.4. The van der Waals surface area contributed by atoms with Crippen LogP contribution in [0.3, 0.4) is 0 Å². The van der Waals surface area contributed by atoms with E-state index in [0.29, 0.717) is 12.8 Å². The van der Waals surface area contributed by atoms with E-state index >= 15 is 0 Å². The molecule has 0 bridgehead atoms. The van der Waals surface area contributed by atoms with Crippen LogP contribution < -0.4 is 0 Å². The van der Waals surface area contributed by atoms with Gasteiger partial charge in [0.05, 0.1) is 0 Å². The van der Waals surface area contributed by atoms with Crippen molar-refractivity contribution < 1.29 is 28.6 Å². The zero-order valence-corrected chi connectivity index (χ0v) is 38.9. The lowest BCUT2D eigenvalue weighted by molar-refractivity contribution is -0.167. The van der Waals surface area contributed by atoms with Crippen LogP contribution >= 0.6 is 0 Å². The number of carbonyl (C=O) groups excluding carboxylic acids is 3. The normalized spacial score (nSPS) is 13.2. The maximum atomic E-state index is 12.7. The van der Waals surface area contributed by atoms with E-state index in [2.05, 4.69) is 87.6 Å².